The van der Waals surface area contributed by atoms with Crippen molar-refractivity contribution >= 4 is 22.6 Å². The molecule has 0 aliphatic heterocycles. The molecule has 1 aromatic heterocycles. The third-order valence-electron chi connectivity index (χ3n) is 2.51. The van der Waals surface area contributed by atoms with Gasteiger partial charge in [-0.15, -0.1) is 10.2 Å². The number of unbranched alkanes of at least 4 members (excludes halogenated alkanes) is 1. The SMILES string of the molecule is CCCCOC(=O)Nc1nnc(COc2ccccc2)s1. The van der Waals surface area contributed by atoms with E-state index in [0.717, 1.165) is 18.6 Å². The molecule has 0 bridgehead atoms. The molecule has 0 aliphatic rings. The van der Waals surface area contributed by atoms with Crippen LogP contribution in [0, 0.1) is 0 Å². The van der Waals surface area contributed by atoms with Crippen molar-refractivity contribution in [3.8, 4) is 5.75 Å². The van der Waals surface area contributed by atoms with Crippen LogP contribution in [-0.4, -0.2) is 22.9 Å². The van der Waals surface area contributed by atoms with E-state index < -0.39 is 6.09 Å². The molecule has 0 fully saturated rings. The largest absolute Gasteiger partial charge is 0.486 e. The van der Waals surface area contributed by atoms with Gasteiger partial charge in [0.15, 0.2) is 5.01 Å². The number of carbonyl (C=O) groups is 1. The number of benzene rings is 1. The maximum Gasteiger partial charge on any atom is 0.413 e. The number of carbonyl (C=O) groups excluding carboxylic acids is 1. The number of hydrogen-bond donors (Lipinski definition) is 1. The Morgan fingerprint density at radius 3 is 2.86 bits per heavy atom. The van der Waals surface area contributed by atoms with Crippen LogP contribution in [0.4, 0.5) is 9.93 Å². The van der Waals surface area contributed by atoms with Crippen LogP contribution < -0.4 is 10.1 Å². The Morgan fingerprint density at radius 1 is 1.29 bits per heavy atom. The van der Waals surface area contributed by atoms with Gasteiger partial charge in [-0.05, 0) is 18.6 Å². The van der Waals surface area contributed by atoms with Crippen molar-refractivity contribution in [2.24, 2.45) is 0 Å². The average Bonchev–Trinajstić information content (AvgIpc) is 2.94. The zero-order valence-corrected chi connectivity index (χ0v) is 12.6. The second-order valence-corrected chi connectivity index (χ2v) is 5.28. The highest BCUT2D eigenvalue weighted by atomic mass is 32.1. The normalized spacial score (nSPS) is 10.1. The van der Waals surface area contributed by atoms with Crippen molar-refractivity contribution in [1.29, 1.82) is 0 Å². The summed E-state index contributed by atoms with van der Waals surface area (Å²) < 4.78 is 10.5. The highest BCUT2D eigenvalue weighted by Crippen LogP contribution is 2.18. The Kier molecular flexibility index (Phi) is 5.96. The summed E-state index contributed by atoms with van der Waals surface area (Å²) in [4.78, 5) is 11.5. The molecular weight excluding hydrogens is 290 g/mol. The van der Waals surface area contributed by atoms with Gasteiger partial charge in [0, 0.05) is 0 Å². The fourth-order valence-electron chi connectivity index (χ4n) is 1.46. The molecule has 6 nitrogen and oxygen atoms in total. The summed E-state index contributed by atoms with van der Waals surface area (Å²) in [5.41, 5.74) is 0. The number of aromatic nitrogens is 2. The third-order valence-corrected chi connectivity index (χ3v) is 3.32. The van der Waals surface area contributed by atoms with Gasteiger partial charge in [0.25, 0.3) is 0 Å². The summed E-state index contributed by atoms with van der Waals surface area (Å²) >= 11 is 1.26. The van der Waals surface area contributed by atoms with Crippen LogP contribution in [0.1, 0.15) is 24.8 Å². The van der Waals surface area contributed by atoms with Crippen LogP contribution in [0.25, 0.3) is 0 Å². The topological polar surface area (TPSA) is 73.3 Å². The Morgan fingerprint density at radius 2 is 2.10 bits per heavy atom. The Labute approximate surface area is 127 Å². The van der Waals surface area contributed by atoms with Gasteiger partial charge in [-0.25, -0.2) is 4.79 Å². The van der Waals surface area contributed by atoms with Crippen LogP contribution in [0.5, 0.6) is 5.75 Å². The molecule has 1 aromatic carbocycles. The van der Waals surface area contributed by atoms with Crippen LogP contribution in [0.3, 0.4) is 0 Å². The first-order valence-corrected chi connectivity index (χ1v) is 7.53. The minimum Gasteiger partial charge on any atom is -0.486 e. The number of nitrogens with one attached hydrogen (secondary N) is 1. The van der Waals surface area contributed by atoms with Gasteiger partial charge in [0.05, 0.1) is 6.61 Å². The maximum atomic E-state index is 11.5. The first-order chi connectivity index (χ1) is 10.3. The van der Waals surface area contributed by atoms with E-state index in [9.17, 15) is 4.79 Å². The van der Waals surface area contributed by atoms with Gasteiger partial charge < -0.3 is 9.47 Å². The molecule has 1 heterocycles. The van der Waals surface area contributed by atoms with Gasteiger partial charge >= 0.3 is 6.09 Å². The third kappa shape index (κ3) is 5.39. The highest BCUT2D eigenvalue weighted by Gasteiger charge is 2.09. The average molecular weight is 307 g/mol. The molecule has 7 heteroatoms. The lowest BCUT2D eigenvalue weighted by atomic mass is 10.3. The van der Waals surface area contributed by atoms with E-state index in [-0.39, 0.29) is 0 Å². The van der Waals surface area contributed by atoms with Crippen LogP contribution in [0.15, 0.2) is 30.3 Å². The molecule has 1 N–H and O–H groups in total. The van der Waals surface area contributed by atoms with E-state index in [0.29, 0.717) is 23.4 Å². The van der Waals surface area contributed by atoms with Crippen LogP contribution in [0.2, 0.25) is 0 Å². The van der Waals surface area contributed by atoms with Crippen LogP contribution in [-0.2, 0) is 11.3 Å². The molecule has 0 saturated heterocycles. The number of nitrogens with zero attached hydrogens (tertiary/aromatic N) is 2. The number of ether oxygens (including phenoxy) is 2. The molecule has 112 valence electrons. The van der Waals surface area contributed by atoms with E-state index >= 15 is 0 Å². The van der Waals surface area contributed by atoms with Crippen LogP contribution >= 0.6 is 11.3 Å². The van der Waals surface area contributed by atoms with Crippen molar-refractivity contribution in [3.05, 3.63) is 35.3 Å². The lowest BCUT2D eigenvalue weighted by molar-refractivity contribution is 0.160. The minimum atomic E-state index is -0.505. The molecule has 21 heavy (non-hydrogen) atoms. The van der Waals surface area contributed by atoms with Crippen molar-refractivity contribution in [2.75, 3.05) is 11.9 Å². The lowest BCUT2D eigenvalue weighted by Gasteiger charge is -2.03. The second-order valence-electron chi connectivity index (χ2n) is 4.22. The van der Waals surface area contributed by atoms with Gasteiger partial charge in [-0.2, -0.15) is 0 Å². The quantitative estimate of drug-likeness (QED) is 0.793. The van der Waals surface area contributed by atoms with Crippen molar-refractivity contribution in [1.82, 2.24) is 10.2 Å². The zero-order chi connectivity index (χ0) is 14.9. The van der Waals surface area contributed by atoms with E-state index in [1.54, 1.807) is 0 Å². The molecule has 0 radical (unpaired) electrons. The Balaban J connectivity index is 1.77. The summed E-state index contributed by atoms with van der Waals surface area (Å²) in [6, 6.07) is 9.45. The molecule has 0 spiro atoms. The number of amides is 1. The van der Waals surface area contributed by atoms with Gasteiger partial charge in [-0.3, -0.25) is 5.32 Å². The highest BCUT2D eigenvalue weighted by molar-refractivity contribution is 7.15. The Hall–Kier alpha value is -2.15. The van der Waals surface area contributed by atoms with E-state index in [1.807, 2.05) is 37.3 Å². The smallest absolute Gasteiger partial charge is 0.413 e. The summed E-state index contributed by atoms with van der Waals surface area (Å²) in [6.45, 7) is 2.75. The molecule has 0 saturated carbocycles. The molecule has 2 aromatic rings. The minimum absolute atomic E-state index is 0.314. The number of anilines is 1. The maximum absolute atomic E-state index is 11.5. The van der Waals surface area contributed by atoms with E-state index in [4.69, 9.17) is 9.47 Å². The summed E-state index contributed by atoms with van der Waals surface area (Å²) in [5.74, 6) is 0.765. The van der Waals surface area contributed by atoms with Gasteiger partial charge in [0.1, 0.15) is 12.4 Å². The first-order valence-electron chi connectivity index (χ1n) is 6.72. The summed E-state index contributed by atoms with van der Waals surface area (Å²) in [5, 5.41) is 11.5. The fraction of sp³-hybridized carbons (Fsp3) is 0.357. The molecular formula is C14H17N3O3S. The van der Waals surface area contributed by atoms with Crippen molar-refractivity contribution in [2.45, 2.75) is 26.4 Å². The Bertz CT molecular complexity index is 560. The van der Waals surface area contributed by atoms with Gasteiger partial charge in [0.2, 0.25) is 5.13 Å². The molecule has 0 aliphatic carbocycles. The predicted molar refractivity (Wildman–Crippen MR) is 80.6 cm³/mol. The summed E-state index contributed by atoms with van der Waals surface area (Å²) in [6.07, 6.45) is 1.32. The monoisotopic (exact) mass is 307 g/mol. The molecule has 0 atom stereocenters. The molecule has 1 amide bonds. The standard InChI is InChI=1S/C14H17N3O3S/c1-2-3-9-19-14(18)15-13-17-16-12(21-13)10-20-11-7-5-4-6-8-11/h4-8H,2-3,9-10H2,1H3,(H,15,17,18). The first kappa shape index (κ1) is 15.2. The summed E-state index contributed by atoms with van der Waals surface area (Å²) in [7, 11) is 0. The number of rotatable bonds is 7. The number of hydrogen-bond acceptors (Lipinski definition) is 6. The lowest BCUT2D eigenvalue weighted by Crippen LogP contribution is -2.14. The van der Waals surface area contributed by atoms with Crippen molar-refractivity contribution in [3.63, 3.8) is 0 Å². The van der Waals surface area contributed by atoms with E-state index in [2.05, 4.69) is 15.5 Å². The predicted octanol–water partition coefficient (Wildman–Crippen LogP) is 3.47. The zero-order valence-electron chi connectivity index (χ0n) is 11.7. The molecule has 2 rings (SSSR count). The second kappa shape index (κ2) is 8.21. The molecule has 0 unspecified atom stereocenters. The fourth-order valence-corrected chi connectivity index (χ4v) is 2.10. The van der Waals surface area contributed by atoms with E-state index in [1.165, 1.54) is 11.3 Å². The number of para-hydroxylation sites is 1. The van der Waals surface area contributed by atoms with Crippen molar-refractivity contribution < 1.29 is 14.3 Å². The van der Waals surface area contributed by atoms with Gasteiger partial charge in [-0.1, -0.05) is 42.9 Å².